The summed E-state index contributed by atoms with van der Waals surface area (Å²) in [5, 5.41) is 0. The van der Waals surface area contributed by atoms with E-state index in [-0.39, 0.29) is 12.2 Å². The van der Waals surface area contributed by atoms with E-state index in [9.17, 15) is 9.18 Å². The van der Waals surface area contributed by atoms with Crippen molar-refractivity contribution in [2.75, 3.05) is 0 Å². The normalized spacial score (nSPS) is 10.3. The molecule has 0 saturated heterocycles. The van der Waals surface area contributed by atoms with Crippen LogP contribution in [0.3, 0.4) is 0 Å². The molecule has 0 atom stereocenters. The number of halogens is 2. The highest BCUT2D eigenvalue weighted by Crippen LogP contribution is 2.26. The van der Waals surface area contributed by atoms with Crippen molar-refractivity contribution in [2.24, 2.45) is 5.84 Å². The Morgan fingerprint density at radius 2 is 2.26 bits per heavy atom. The number of rotatable bonds is 4. The van der Waals surface area contributed by atoms with Crippen molar-refractivity contribution in [2.45, 2.75) is 6.61 Å². The average Bonchev–Trinajstić information content (AvgIpc) is 2.87. The Kier molecular flexibility index (Phi) is 4.18. The van der Waals surface area contributed by atoms with E-state index in [4.69, 9.17) is 15.0 Å². The van der Waals surface area contributed by atoms with Gasteiger partial charge in [0.05, 0.1) is 16.3 Å². The monoisotopic (exact) mass is 328 g/mol. The molecule has 7 heteroatoms. The van der Waals surface area contributed by atoms with Gasteiger partial charge in [0, 0.05) is 6.07 Å². The predicted octanol–water partition coefficient (Wildman–Crippen LogP) is 2.36. The molecule has 0 spiro atoms. The van der Waals surface area contributed by atoms with Crippen LogP contribution in [0, 0.1) is 5.82 Å². The van der Waals surface area contributed by atoms with Gasteiger partial charge in [0.2, 0.25) is 0 Å². The molecule has 0 saturated carbocycles. The average molecular weight is 329 g/mol. The highest BCUT2D eigenvalue weighted by atomic mass is 79.9. The number of carbonyl (C=O) groups excluding carboxylic acids is 1. The number of amides is 1. The Labute approximate surface area is 116 Å². The zero-order valence-electron chi connectivity index (χ0n) is 9.65. The van der Waals surface area contributed by atoms with E-state index in [0.29, 0.717) is 16.0 Å². The number of nitrogens with two attached hydrogens (primary N) is 1. The highest BCUT2D eigenvalue weighted by Gasteiger charge is 2.14. The van der Waals surface area contributed by atoms with Crippen LogP contribution in [-0.2, 0) is 6.61 Å². The number of hydrazine groups is 1. The van der Waals surface area contributed by atoms with Crippen molar-refractivity contribution in [3.63, 3.8) is 0 Å². The Hall–Kier alpha value is -1.86. The quantitative estimate of drug-likeness (QED) is 0.513. The van der Waals surface area contributed by atoms with Gasteiger partial charge < -0.3 is 9.15 Å². The lowest BCUT2D eigenvalue weighted by atomic mass is 10.2. The Morgan fingerprint density at radius 3 is 3.00 bits per heavy atom. The van der Waals surface area contributed by atoms with E-state index in [1.165, 1.54) is 30.5 Å². The van der Waals surface area contributed by atoms with Crippen LogP contribution in [0.5, 0.6) is 5.75 Å². The minimum Gasteiger partial charge on any atom is -0.484 e. The maximum absolute atomic E-state index is 13.1. The van der Waals surface area contributed by atoms with E-state index < -0.39 is 11.7 Å². The van der Waals surface area contributed by atoms with E-state index in [1.807, 2.05) is 5.43 Å². The van der Waals surface area contributed by atoms with E-state index in [1.54, 1.807) is 0 Å². The van der Waals surface area contributed by atoms with Gasteiger partial charge in [-0.1, -0.05) is 0 Å². The second-order valence-electron chi connectivity index (χ2n) is 3.59. The third kappa shape index (κ3) is 3.12. The van der Waals surface area contributed by atoms with Crippen molar-refractivity contribution >= 4 is 21.8 Å². The van der Waals surface area contributed by atoms with Crippen LogP contribution in [0.2, 0.25) is 0 Å². The van der Waals surface area contributed by atoms with Gasteiger partial charge in [0.15, 0.2) is 5.76 Å². The predicted molar refractivity (Wildman–Crippen MR) is 68.8 cm³/mol. The SMILES string of the molecule is NNC(=O)c1ccoc1COc1cc(F)ccc1Br. The molecule has 2 rings (SSSR count). The van der Waals surface area contributed by atoms with Crippen molar-refractivity contribution in [1.82, 2.24) is 5.43 Å². The molecule has 0 aliphatic heterocycles. The van der Waals surface area contributed by atoms with Crippen LogP contribution in [0.25, 0.3) is 0 Å². The molecule has 0 unspecified atom stereocenters. The second kappa shape index (κ2) is 5.85. The topological polar surface area (TPSA) is 77.5 Å². The summed E-state index contributed by atoms with van der Waals surface area (Å²) in [5.41, 5.74) is 2.28. The summed E-state index contributed by atoms with van der Waals surface area (Å²) in [4.78, 5) is 11.4. The van der Waals surface area contributed by atoms with Gasteiger partial charge in [0.25, 0.3) is 5.91 Å². The number of hydrogen-bond acceptors (Lipinski definition) is 4. The third-order valence-corrected chi connectivity index (χ3v) is 3.03. The number of benzene rings is 1. The molecule has 2 aromatic rings. The van der Waals surface area contributed by atoms with Gasteiger partial charge in [-0.25, -0.2) is 10.2 Å². The smallest absolute Gasteiger partial charge is 0.268 e. The Bertz CT molecular complexity index is 600. The first kappa shape index (κ1) is 13.6. The van der Waals surface area contributed by atoms with Gasteiger partial charge in [-0.05, 0) is 34.1 Å². The summed E-state index contributed by atoms with van der Waals surface area (Å²) in [6.45, 7) is -0.0161. The lowest BCUT2D eigenvalue weighted by molar-refractivity contribution is 0.0949. The number of ether oxygens (including phenoxy) is 1. The molecule has 5 nitrogen and oxygen atoms in total. The maximum Gasteiger partial charge on any atom is 0.268 e. The van der Waals surface area contributed by atoms with Crippen molar-refractivity contribution < 1.29 is 18.3 Å². The molecule has 0 aliphatic rings. The highest BCUT2D eigenvalue weighted by molar-refractivity contribution is 9.10. The number of furan rings is 1. The van der Waals surface area contributed by atoms with Crippen molar-refractivity contribution in [3.05, 3.63) is 52.1 Å². The van der Waals surface area contributed by atoms with Crippen molar-refractivity contribution in [3.8, 4) is 5.75 Å². The Morgan fingerprint density at radius 1 is 1.47 bits per heavy atom. The molecule has 0 bridgehead atoms. The lowest BCUT2D eigenvalue weighted by Crippen LogP contribution is -2.30. The fourth-order valence-electron chi connectivity index (χ4n) is 1.46. The number of nitrogens with one attached hydrogen (secondary N) is 1. The van der Waals surface area contributed by atoms with E-state index in [2.05, 4.69) is 15.9 Å². The van der Waals surface area contributed by atoms with E-state index >= 15 is 0 Å². The molecule has 19 heavy (non-hydrogen) atoms. The van der Waals surface area contributed by atoms with E-state index in [0.717, 1.165) is 0 Å². The van der Waals surface area contributed by atoms with Crippen LogP contribution >= 0.6 is 15.9 Å². The van der Waals surface area contributed by atoms with Crippen LogP contribution in [-0.4, -0.2) is 5.91 Å². The zero-order valence-corrected chi connectivity index (χ0v) is 11.2. The minimum absolute atomic E-state index is 0.0161. The van der Waals surface area contributed by atoms with Gasteiger partial charge >= 0.3 is 0 Å². The van der Waals surface area contributed by atoms with Gasteiger partial charge in [-0.2, -0.15) is 0 Å². The molecular formula is C12H10BrFN2O3. The third-order valence-electron chi connectivity index (χ3n) is 2.37. The second-order valence-corrected chi connectivity index (χ2v) is 4.45. The molecule has 0 radical (unpaired) electrons. The minimum atomic E-state index is -0.481. The molecule has 0 fully saturated rings. The van der Waals surface area contributed by atoms with Crippen LogP contribution < -0.4 is 16.0 Å². The molecule has 3 N–H and O–H groups in total. The van der Waals surface area contributed by atoms with Crippen LogP contribution in [0.1, 0.15) is 16.1 Å². The first-order chi connectivity index (χ1) is 9.11. The number of hydrogen-bond donors (Lipinski definition) is 2. The fourth-order valence-corrected chi connectivity index (χ4v) is 1.82. The molecule has 1 heterocycles. The van der Waals surface area contributed by atoms with Crippen molar-refractivity contribution in [1.29, 1.82) is 0 Å². The molecule has 1 amide bonds. The molecular weight excluding hydrogens is 319 g/mol. The number of carbonyl (C=O) groups is 1. The molecule has 0 aliphatic carbocycles. The number of nitrogen functional groups attached to an aromatic ring is 1. The van der Waals surface area contributed by atoms with Crippen LogP contribution in [0.4, 0.5) is 4.39 Å². The van der Waals surface area contributed by atoms with Gasteiger partial charge in [-0.15, -0.1) is 0 Å². The summed E-state index contributed by atoms with van der Waals surface area (Å²) in [6, 6.07) is 5.54. The summed E-state index contributed by atoms with van der Waals surface area (Å²) in [7, 11) is 0. The lowest BCUT2D eigenvalue weighted by Gasteiger charge is -2.07. The van der Waals surface area contributed by atoms with Crippen LogP contribution in [0.15, 0.2) is 39.4 Å². The van der Waals surface area contributed by atoms with Gasteiger partial charge in [0.1, 0.15) is 18.2 Å². The summed E-state index contributed by atoms with van der Waals surface area (Å²) in [6.07, 6.45) is 1.35. The summed E-state index contributed by atoms with van der Waals surface area (Å²) in [5.74, 6) is 4.76. The standard InChI is InChI=1S/C12H10BrFN2O3/c13-9-2-1-7(14)5-10(9)19-6-11-8(3-4-18-11)12(17)16-15/h1-5H,6,15H2,(H,16,17). The molecule has 1 aromatic heterocycles. The first-order valence-electron chi connectivity index (χ1n) is 5.27. The first-order valence-corrected chi connectivity index (χ1v) is 6.06. The molecule has 100 valence electrons. The Balaban J connectivity index is 2.13. The largest absolute Gasteiger partial charge is 0.484 e. The van der Waals surface area contributed by atoms with Gasteiger partial charge in [-0.3, -0.25) is 10.2 Å². The molecule has 1 aromatic carbocycles. The fraction of sp³-hybridized carbons (Fsp3) is 0.0833. The zero-order chi connectivity index (χ0) is 13.8. The maximum atomic E-state index is 13.1. The summed E-state index contributed by atoms with van der Waals surface area (Å²) >= 11 is 3.23. The summed E-state index contributed by atoms with van der Waals surface area (Å²) < 4.78 is 24.2.